The molecule has 0 bridgehead atoms. The average Bonchev–Trinajstić information content (AvgIpc) is 2.74. The second-order valence-electron chi connectivity index (χ2n) is 6.80. The first-order valence-corrected chi connectivity index (χ1v) is 11.4. The summed E-state index contributed by atoms with van der Waals surface area (Å²) in [6.07, 6.45) is -2.30. The quantitative estimate of drug-likeness (QED) is 0.617. The van der Waals surface area contributed by atoms with Gasteiger partial charge in [-0.3, -0.25) is 0 Å². The van der Waals surface area contributed by atoms with Gasteiger partial charge in [-0.15, -0.1) is 11.6 Å². The van der Waals surface area contributed by atoms with E-state index in [4.69, 9.17) is 21.4 Å². The number of rotatable bonds is 7. The van der Waals surface area contributed by atoms with Crippen LogP contribution in [0.15, 0.2) is 58.3 Å². The van der Waals surface area contributed by atoms with Crippen molar-refractivity contribution in [2.75, 3.05) is 30.9 Å². The van der Waals surface area contributed by atoms with Gasteiger partial charge in [-0.2, -0.15) is 0 Å². The van der Waals surface area contributed by atoms with Crippen LogP contribution in [0.25, 0.3) is 0 Å². The molecule has 1 fully saturated rings. The number of halogens is 2. The summed E-state index contributed by atoms with van der Waals surface area (Å²) >= 11 is 5.71. The van der Waals surface area contributed by atoms with E-state index in [9.17, 15) is 17.6 Å². The van der Waals surface area contributed by atoms with Crippen LogP contribution in [-0.4, -0.2) is 62.3 Å². The number of likely N-dealkylation sites (tertiary alicyclic amines) is 1. The summed E-state index contributed by atoms with van der Waals surface area (Å²) in [6, 6.07) is 11.7. The standard InChI is InChI=1S/C20H22ClFN2O5S/c21-9-11-29-19-12-15(30(27,28)14-4-2-1-3-5-14)6-7-18(19)23-17-8-10-24(20(25)26)13-16(17)22/h1-7,12,16-17,23H,8-11,13H2,(H,25,26). The molecule has 0 saturated carbocycles. The molecule has 0 aromatic heterocycles. The maximum absolute atomic E-state index is 14.5. The second-order valence-corrected chi connectivity index (χ2v) is 9.12. The van der Waals surface area contributed by atoms with E-state index in [-0.39, 0.29) is 47.5 Å². The highest BCUT2D eigenvalue weighted by Crippen LogP contribution is 2.32. The summed E-state index contributed by atoms with van der Waals surface area (Å²) in [5.41, 5.74) is 0.420. The molecule has 2 atom stereocenters. The summed E-state index contributed by atoms with van der Waals surface area (Å²) in [5, 5.41) is 12.1. The van der Waals surface area contributed by atoms with Gasteiger partial charge in [0, 0.05) is 12.6 Å². The van der Waals surface area contributed by atoms with Gasteiger partial charge in [0.25, 0.3) is 0 Å². The number of amides is 1. The van der Waals surface area contributed by atoms with Gasteiger partial charge in [-0.05, 0) is 30.7 Å². The summed E-state index contributed by atoms with van der Waals surface area (Å²) in [7, 11) is -3.75. The molecule has 2 aromatic rings. The fraction of sp³-hybridized carbons (Fsp3) is 0.350. The van der Waals surface area contributed by atoms with Crippen molar-refractivity contribution in [2.45, 2.75) is 28.4 Å². The Labute approximate surface area is 179 Å². The van der Waals surface area contributed by atoms with Crippen molar-refractivity contribution in [3.8, 4) is 5.75 Å². The van der Waals surface area contributed by atoms with Gasteiger partial charge in [-0.25, -0.2) is 17.6 Å². The number of alkyl halides is 2. The van der Waals surface area contributed by atoms with Crippen LogP contribution in [0.5, 0.6) is 5.75 Å². The Morgan fingerprint density at radius 3 is 2.60 bits per heavy atom. The highest BCUT2D eigenvalue weighted by atomic mass is 35.5. The minimum absolute atomic E-state index is 0.0429. The number of nitrogens with one attached hydrogen (secondary N) is 1. The molecule has 1 saturated heterocycles. The first-order chi connectivity index (χ1) is 14.3. The van der Waals surface area contributed by atoms with Gasteiger partial charge >= 0.3 is 6.09 Å². The van der Waals surface area contributed by atoms with Crippen LogP contribution >= 0.6 is 11.6 Å². The van der Waals surface area contributed by atoms with Crippen LogP contribution in [0, 0.1) is 0 Å². The SMILES string of the molecule is O=C(O)N1CCC(Nc2ccc(S(=O)(=O)c3ccccc3)cc2OCCCl)C(F)C1. The molecule has 1 heterocycles. The summed E-state index contributed by atoms with van der Waals surface area (Å²) in [5.74, 6) is 0.429. The molecule has 0 aliphatic carbocycles. The average molecular weight is 457 g/mol. The number of hydrogen-bond acceptors (Lipinski definition) is 5. The molecule has 0 radical (unpaired) electrons. The summed E-state index contributed by atoms with van der Waals surface area (Å²) in [6.45, 7) is 0.110. The van der Waals surface area contributed by atoms with Crippen molar-refractivity contribution in [2.24, 2.45) is 0 Å². The van der Waals surface area contributed by atoms with Crippen LogP contribution in [0.4, 0.5) is 14.9 Å². The van der Waals surface area contributed by atoms with E-state index >= 15 is 0 Å². The Morgan fingerprint density at radius 1 is 1.23 bits per heavy atom. The second kappa shape index (κ2) is 9.53. The monoisotopic (exact) mass is 456 g/mol. The number of anilines is 1. The largest absolute Gasteiger partial charge is 0.490 e. The van der Waals surface area contributed by atoms with Crippen molar-refractivity contribution >= 4 is 33.2 Å². The highest BCUT2D eigenvalue weighted by molar-refractivity contribution is 7.91. The number of benzene rings is 2. The Hall–Kier alpha value is -2.52. The fourth-order valence-electron chi connectivity index (χ4n) is 3.23. The third kappa shape index (κ3) is 4.96. The summed E-state index contributed by atoms with van der Waals surface area (Å²) < 4.78 is 45.9. The predicted octanol–water partition coefficient (Wildman–Crippen LogP) is 3.64. The number of ether oxygens (including phenoxy) is 1. The van der Waals surface area contributed by atoms with Crippen LogP contribution < -0.4 is 10.1 Å². The number of sulfone groups is 1. The fourth-order valence-corrected chi connectivity index (χ4v) is 4.61. The van der Waals surface area contributed by atoms with Gasteiger partial charge in [-0.1, -0.05) is 18.2 Å². The number of carboxylic acid groups (broad SMARTS) is 1. The third-order valence-corrected chi connectivity index (χ3v) is 6.73. The first kappa shape index (κ1) is 22.2. The molecular formula is C20H22ClFN2O5S. The highest BCUT2D eigenvalue weighted by Gasteiger charge is 2.32. The van der Waals surface area contributed by atoms with Crippen LogP contribution in [0.1, 0.15) is 6.42 Å². The van der Waals surface area contributed by atoms with Gasteiger partial charge in [0.15, 0.2) is 0 Å². The smallest absolute Gasteiger partial charge is 0.407 e. The van der Waals surface area contributed by atoms with Crippen molar-refractivity contribution < 1.29 is 27.4 Å². The Balaban J connectivity index is 1.86. The van der Waals surface area contributed by atoms with Gasteiger partial charge in [0.2, 0.25) is 9.84 Å². The Bertz CT molecular complexity index is 990. The molecule has 7 nitrogen and oxygen atoms in total. The molecule has 162 valence electrons. The van der Waals surface area contributed by atoms with Crippen LogP contribution in [0.3, 0.4) is 0 Å². The minimum atomic E-state index is -3.75. The van der Waals surface area contributed by atoms with Gasteiger partial charge in [0.05, 0.1) is 33.9 Å². The zero-order valence-corrected chi connectivity index (χ0v) is 17.6. The molecule has 2 aromatic carbocycles. The lowest BCUT2D eigenvalue weighted by atomic mass is 10.0. The Kier molecular flexibility index (Phi) is 7.04. The molecule has 1 aliphatic rings. The molecular weight excluding hydrogens is 435 g/mol. The maximum atomic E-state index is 14.5. The van der Waals surface area contributed by atoms with E-state index in [0.29, 0.717) is 5.69 Å². The lowest BCUT2D eigenvalue weighted by Gasteiger charge is -2.34. The molecule has 10 heteroatoms. The minimum Gasteiger partial charge on any atom is -0.490 e. The molecule has 1 amide bonds. The third-order valence-electron chi connectivity index (χ3n) is 4.80. The van der Waals surface area contributed by atoms with Crippen molar-refractivity contribution in [1.82, 2.24) is 4.90 Å². The molecule has 3 rings (SSSR count). The van der Waals surface area contributed by atoms with Crippen LogP contribution in [-0.2, 0) is 9.84 Å². The molecule has 30 heavy (non-hydrogen) atoms. The number of carbonyl (C=O) groups is 1. The predicted molar refractivity (Wildman–Crippen MR) is 111 cm³/mol. The summed E-state index contributed by atoms with van der Waals surface area (Å²) in [4.78, 5) is 12.3. The lowest BCUT2D eigenvalue weighted by Crippen LogP contribution is -2.49. The Morgan fingerprint density at radius 2 is 1.97 bits per heavy atom. The van der Waals surface area contributed by atoms with Crippen molar-refractivity contribution in [3.63, 3.8) is 0 Å². The number of piperidine rings is 1. The molecule has 1 aliphatic heterocycles. The van der Waals surface area contributed by atoms with E-state index < -0.39 is 28.1 Å². The van der Waals surface area contributed by atoms with Gasteiger partial charge < -0.3 is 20.1 Å². The van der Waals surface area contributed by atoms with Crippen LogP contribution in [0.2, 0.25) is 0 Å². The maximum Gasteiger partial charge on any atom is 0.407 e. The van der Waals surface area contributed by atoms with E-state index in [1.165, 1.54) is 30.3 Å². The zero-order valence-electron chi connectivity index (χ0n) is 16.0. The van der Waals surface area contributed by atoms with E-state index in [1.807, 2.05) is 0 Å². The molecule has 0 spiro atoms. The zero-order chi connectivity index (χ0) is 21.7. The van der Waals surface area contributed by atoms with E-state index in [1.54, 1.807) is 18.2 Å². The van der Waals surface area contributed by atoms with Gasteiger partial charge in [0.1, 0.15) is 18.5 Å². The number of nitrogens with zero attached hydrogens (tertiary/aromatic N) is 1. The topological polar surface area (TPSA) is 95.9 Å². The number of hydrogen-bond donors (Lipinski definition) is 2. The normalized spacial score (nSPS) is 19.3. The van der Waals surface area contributed by atoms with E-state index in [0.717, 1.165) is 4.90 Å². The molecule has 2 unspecified atom stereocenters. The van der Waals surface area contributed by atoms with Crippen molar-refractivity contribution in [3.05, 3.63) is 48.5 Å². The first-order valence-electron chi connectivity index (χ1n) is 9.34. The molecule has 2 N–H and O–H groups in total. The lowest BCUT2D eigenvalue weighted by molar-refractivity contribution is 0.101. The van der Waals surface area contributed by atoms with E-state index in [2.05, 4.69) is 5.32 Å². The van der Waals surface area contributed by atoms with Crippen molar-refractivity contribution in [1.29, 1.82) is 0 Å².